The summed E-state index contributed by atoms with van der Waals surface area (Å²) < 4.78 is 16.6. The molecule has 11 heteroatoms. The van der Waals surface area contributed by atoms with Crippen LogP contribution in [0.25, 0.3) is 23.0 Å². The van der Waals surface area contributed by atoms with Crippen molar-refractivity contribution in [2.75, 3.05) is 4.90 Å². The third-order valence-electron chi connectivity index (χ3n) is 3.78. The summed E-state index contributed by atoms with van der Waals surface area (Å²) >= 11 is 0. The maximum atomic E-state index is 13.0. The van der Waals surface area contributed by atoms with Crippen LogP contribution < -0.4 is 10.5 Å². The Balaban J connectivity index is 2.11. The van der Waals surface area contributed by atoms with Crippen LogP contribution in [0.2, 0.25) is 0 Å². The molecule has 0 fully saturated rings. The average Bonchev–Trinajstić information content (AvgIpc) is 3.17. The maximum absolute atomic E-state index is 13.0. The minimum absolute atomic E-state index is 0.0153. The fraction of sp³-hybridized carbons (Fsp3) is 0.364. The van der Waals surface area contributed by atoms with Crippen molar-refractivity contribution in [2.24, 2.45) is 0 Å². The second-order valence-corrected chi connectivity index (χ2v) is 9.04. The molecule has 33 heavy (non-hydrogen) atoms. The molecule has 0 bridgehead atoms. The molecule has 170 valence electrons. The number of hydrogen-bond donors (Lipinski definition) is 0. The van der Waals surface area contributed by atoms with Crippen LogP contribution in [-0.2, 0) is 9.47 Å². The molecule has 3 aromatic rings. The molecule has 0 aliphatic heterocycles. The van der Waals surface area contributed by atoms with Gasteiger partial charge in [0.05, 0.1) is 0 Å². The Labute approximate surface area is 192 Å². The number of carbonyl (C=O) groups excluding carboxylic acids is 2. The molecule has 2 heterocycles. The zero-order valence-corrected chi connectivity index (χ0v) is 19.3. The van der Waals surface area contributed by atoms with Gasteiger partial charge in [0.1, 0.15) is 19.0 Å². The molecule has 2 amide bonds. The van der Waals surface area contributed by atoms with Gasteiger partial charge in [-0.05, 0) is 53.7 Å². The van der Waals surface area contributed by atoms with Gasteiger partial charge in [-0.1, -0.05) is 18.2 Å². The third-order valence-corrected chi connectivity index (χ3v) is 3.78. The first-order valence-corrected chi connectivity index (χ1v) is 10.1. The van der Waals surface area contributed by atoms with E-state index in [0.717, 1.165) is 0 Å². The summed E-state index contributed by atoms with van der Waals surface area (Å²) in [6.45, 7) is 9.99. The fourth-order valence-corrected chi connectivity index (χ4v) is 2.58. The van der Waals surface area contributed by atoms with Gasteiger partial charge in [0.15, 0.2) is 11.5 Å². The number of ether oxygens (including phenoxy) is 2. The zero-order valence-electron chi connectivity index (χ0n) is 19.3. The summed E-state index contributed by atoms with van der Waals surface area (Å²) in [5.41, 5.74) is -1.19. The van der Waals surface area contributed by atoms with E-state index >= 15 is 0 Å². The minimum Gasteiger partial charge on any atom is -0.443 e. The van der Waals surface area contributed by atoms with E-state index in [1.807, 2.05) is 18.2 Å². The summed E-state index contributed by atoms with van der Waals surface area (Å²) in [5.74, 6) is -0.112. The number of nitrogens with zero attached hydrogens (tertiary/aromatic N) is 5. The van der Waals surface area contributed by atoms with Crippen molar-refractivity contribution in [1.82, 2.24) is 20.2 Å². The van der Waals surface area contributed by atoms with Crippen LogP contribution in [0.4, 0.5) is 15.4 Å². The van der Waals surface area contributed by atoms with Gasteiger partial charge >= 0.3 is 12.2 Å². The van der Waals surface area contributed by atoms with Crippen molar-refractivity contribution < 1.29 is 23.5 Å². The highest BCUT2D eigenvalue weighted by atomic mass is 16.6. The smallest absolute Gasteiger partial charge is 0.425 e. The van der Waals surface area contributed by atoms with Crippen molar-refractivity contribution in [2.45, 2.75) is 52.7 Å². The standard InChI is InChI=1S/C22H24BN5O5/c1-21(2,3)32-19(29)28(20(30)33-22(4,5)6)16-15(25-14(23)12-24-16)18-27-26-17(31-18)13-10-8-7-9-11-13/h7-12H,1-6H3. The molecule has 0 atom stereocenters. The second-order valence-electron chi connectivity index (χ2n) is 9.04. The van der Waals surface area contributed by atoms with Crippen LogP contribution in [-0.4, -0.2) is 51.4 Å². The van der Waals surface area contributed by atoms with Crippen molar-refractivity contribution in [3.8, 4) is 23.0 Å². The summed E-state index contributed by atoms with van der Waals surface area (Å²) in [6, 6.07) is 9.06. The minimum atomic E-state index is -1.01. The lowest BCUT2D eigenvalue weighted by Crippen LogP contribution is -2.44. The number of amides is 2. The molecule has 0 aliphatic rings. The molecule has 0 spiro atoms. The Morgan fingerprint density at radius 3 is 2.00 bits per heavy atom. The Bertz CT molecular complexity index is 1120. The summed E-state index contributed by atoms with van der Waals surface area (Å²) in [7, 11) is 5.82. The molecular formula is C22H24BN5O5. The van der Waals surface area contributed by atoms with Crippen molar-refractivity contribution in [1.29, 1.82) is 0 Å². The van der Waals surface area contributed by atoms with Gasteiger partial charge in [0.2, 0.25) is 5.89 Å². The number of aromatic nitrogens is 4. The number of anilines is 1. The number of carbonyl (C=O) groups is 2. The average molecular weight is 449 g/mol. The molecular weight excluding hydrogens is 425 g/mol. The van der Waals surface area contributed by atoms with E-state index in [-0.39, 0.29) is 28.9 Å². The largest absolute Gasteiger partial charge is 0.443 e. The van der Waals surface area contributed by atoms with Crippen LogP contribution in [0.1, 0.15) is 41.5 Å². The molecule has 0 unspecified atom stereocenters. The monoisotopic (exact) mass is 449 g/mol. The van der Waals surface area contributed by atoms with Crippen LogP contribution in [0.5, 0.6) is 0 Å². The predicted molar refractivity (Wildman–Crippen MR) is 121 cm³/mol. The van der Waals surface area contributed by atoms with E-state index in [1.165, 1.54) is 6.20 Å². The van der Waals surface area contributed by atoms with Gasteiger partial charge in [-0.3, -0.25) is 4.98 Å². The molecule has 0 N–H and O–H groups in total. The summed E-state index contributed by atoms with van der Waals surface area (Å²) in [4.78, 5) is 35.0. The van der Waals surface area contributed by atoms with E-state index in [4.69, 9.17) is 21.7 Å². The van der Waals surface area contributed by atoms with Crippen molar-refractivity contribution in [3.63, 3.8) is 0 Å². The molecule has 0 saturated carbocycles. The first kappa shape index (κ1) is 23.9. The SMILES string of the molecule is [B]c1cnc(N(C(=O)OC(C)(C)C)C(=O)OC(C)(C)C)c(-c2nnc(-c3ccccc3)o2)n1. The second kappa shape index (κ2) is 9.01. The predicted octanol–water partition coefficient (Wildman–Crippen LogP) is 3.66. The van der Waals surface area contributed by atoms with E-state index < -0.39 is 23.4 Å². The summed E-state index contributed by atoms with van der Waals surface area (Å²) in [5, 5.41) is 8.03. The van der Waals surface area contributed by atoms with Gasteiger partial charge in [-0.25, -0.2) is 14.6 Å². The topological polar surface area (TPSA) is 121 Å². The molecule has 2 aromatic heterocycles. The molecule has 1 aromatic carbocycles. The number of imide groups is 1. The molecule has 0 aliphatic carbocycles. The van der Waals surface area contributed by atoms with Gasteiger partial charge in [0.25, 0.3) is 5.89 Å². The Morgan fingerprint density at radius 1 is 0.909 bits per heavy atom. The number of hydrogen-bond acceptors (Lipinski definition) is 9. The van der Waals surface area contributed by atoms with Crippen LogP contribution in [0.15, 0.2) is 40.9 Å². The Hall–Kier alpha value is -3.76. The lowest BCUT2D eigenvalue weighted by atomic mass is 10.1. The maximum Gasteiger partial charge on any atom is 0.425 e. The third kappa shape index (κ3) is 6.15. The van der Waals surface area contributed by atoms with Crippen molar-refractivity contribution >= 4 is 31.4 Å². The van der Waals surface area contributed by atoms with Crippen LogP contribution in [0.3, 0.4) is 0 Å². The van der Waals surface area contributed by atoms with Crippen LogP contribution in [0, 0.1) is 0 Å². The van der Waals surface area contributed by atoms with E-state index in [2.05, 4.69) is 20.2 Å². The lowest BCUT2D eigenvalue weighted by Gasteiger charge is -2.28. The highest BCUT2D eigenvalue weighted by Gasteiger charge is 2.36. The number of rotatable bonds is 3. The molecule has 3 rings (SSSR count). The molecule has 2 radical (unpaired) electrons. The molecule has 10 nitrogen and oxygen atoms in total. The quantitative estimate of drug-likeness (QED) is 0.552. The van der Waals surface area contributed by atoms with E-state index in [0.29, 0.717) is 10.5 Å². The summed E-state index contributed by atoms with van der Waals surface area (Å²) in [6.07, 6.45) is -0.838. The van der Waals surface area contributed by atoms with Gasteiger partial charge in [0, 0.05) is 17.4 Å². The Kier molecular flexibility index (Phi) is 6.52. The van der Waals surface area contributed by atoms with E-state index in [9.17, 15) is 9.59 Å². The lowest BCUT2D eigenvalue weighted by molar-refractivity contribution is 0.0429. The number of benzene rings is 1. The highest BCUT2D eigenvalue weighted by molar-refractivity contribution is 6.30. The Morgan fingerprint density at radius 2 is 1.45 bits per heavy atom. The fourth-order valence-electron chi connectivity index (χ4n) is 2.58. The van der Waals surface area contributed by atoms with Gasteiger partial charge in [-0.2, -0.15) is 4.90 Å². The van der Waals surface area contributed by atoms with Gasteiger partial charge in [-0.15, -0.1) is 10.2 Å². The zero-order chi connectivity index (χ0) is 24.4. The highest BCUT2D eigenvalue weighted by Crippen LogP contribution is 2.30. The van der Waals surface area contributed by atoms with E-state index in [1.54, 1.807) is 53.7 Å². The normalized spacial score (nSPS) is 11.7. The van der Waals surface area contributed by atoms with Crippen molar-refractivity contribution in [3.05, 3.63) is 36.5 Å². The first-order chi connectivity index (χ1) is 15.3. The van der Waals surface area contributed by atoms with Crippen LogP contribution >= 0.6 is 0 Å². The first-order valence-electron chi connectivity index (χ1n) is 10.1. The van der Waals surface area contributed by atoms with Gasteiger partial charge < -0.3 is 13.9 Å². The molecule has 0 saturated heterocycles.